The van der Waals surface area contributed by atoms with Crippen LogP contribution in [0.1, 0.15) is 47.7 Å². The van der Waals surface area contributed by atoms with Crippen molar-refractivity contribution >= 4 is 35.1 Å². The molecule has 1 atom stereocenters. The van der Waals surface area contributed by atoms with Gasteiger partial charge in [0.1, 0.15) is 0 Å². The number of hydrogen-bond acceptors (Lipinski definition) is 6. The molecule has 1 heterocycles. The van der Waals surface area contributed by atoms with Gasteiger partial charge < -0.3 is 19.7 Å². The molecule has 1 fully saturated rings. The number of para-hydroxylation sites is 1. The molecule has 180 valence electrons. The first kappa shape index (κ1) is 25.0. The van der Waals surface area contributed by atoms with E-state index in [4.69, 9.17) is 9.47 Å². The molecule has 0 aromatic heterocycles. The summed E-state index contributed by atoms with van der Waals surface area (Å²) in [7, 11) is 0. The molecule has 0 unspecified atom stereocenters. The first-order valence-corrected chi connectivity index (χ1v) is 11.4. The summed E-state index contributed by atoms with van der Waals surface area (Å²) in [5.41, 5.74) is 3.51. The van der Waals surface area contributed by atoms with Crippen molar-refractivity contribution in [2.45, 2.75) is 40.0 Å². The summed E-state index contributed by atoms with van der Waals surface area (Å²) >= 11 is 0. The summed E-state index contributed by atoms with van der Waals surface area (Å²) < 4.78 is 10.4. The monoisotopic (exact) mass is 466 g/mol. The Morgan fingerprint density at radius 2 is 1.71 bits per heavy atom. The standard InChI is InChI=1S/C26H30N2O6/c1-4-5-13-33-25(31)19-9-11-21(12-10-19)28-15-20(14-23(28)30)26(32)34-16-22(29)27-24-17(2)7-6-8-18(24)3/h6-12,20H,4-5,13-16H2,1-3H3,(H,27,29)/t20-/m1/s1. The minimum Gasteiger partial charge on any atom is -0.462 e. The Morgan fingerprint density at radius 1 is 1.03 bits per heavy atom. The average Bonchev–Trinajstić information content (AvgIpc) is 3.22. The Kier molecular flexibility index (Phi) is 8.40. The highest BCUT2D eigenvalue weighted by Crippen LogP contribution is 2.26. The zero-order valence-electron chi connectivity index (χ0n) is 19.8. The first-order valence-electron chi connectivity index (χ1n) is 11.4. The minimum atomic E-state index is -0.667. The largest absolute Gasteiger partial charge is 0.462 e. The summed E-state index contributed by atoms with van der Waals surface area (Å²) in [5, 5.41) is 2.77. The maximum atomic E-state index is 12.5. The number of rotatable bonds is 9. The van der Waals surface area contributed by atoms with Crippen LogP contribution in [0, 0.1) is 19.8 Å². The minimum absolute atomic E-state index is 0.00182. The number of carbonyl (C=O) groups is 4. The van der Waals surface area contributed by atoms with Crippen molar-refractivity contribution < 1.29 is 28.7 Å². The van der Waals surface area contributed by atoms with Gasteiger partial charge in [-0.15, -0.1) is 0 Å². The van der Waals surface area contributed by atoms with E-state index in [-0.39, 0.29) is 18.9 Å². The van der Waals surface area contributed by atoms with Crippen LogP contribution >= 0.6 is 0 Å². The molecule has 0 bridgehead atoms. The number of ether oxygens (including phenoxy) is 2. The molecule has 1 N–H and O–H groups in total. The van der Waals surface area contributed by atoms with E-state index in [2.05, 4.69) is 5.32 Å². The number of benzene rings is 2. The zero-order chi connectivity index (χ0) is 24.7. The number of hydrogen-bond donors (Lipinski definition) is 1. The highest BCUT2D eigenvalue weighted by Gasteiger charge is 2.36. The molecule has 2 aromatic rings. The Morgan fingerprint density at radius 3 is 2.35 bits per heavy atom. The van der Waals surface area contributed by atoms with Gasteiger partial charge in [0.15, 0.2) is 6.61 Å². The number of nitrogens with one attached hydrogen (secondary N) is 1. The van der Waals surface area contributed by atoms with E-state index >= 15 is 0 Å². The maximum absolute atomic E-state index is 12.5. The van der Waals surface area contributed by atoms with Gasteiger partial charge in [0.25, 0.3) is 5.91 Å². The van der Waals surface area contributed by atoms with Gasteiger partial charge in [-0.1, -0.05) is 31.5 Å². The molecule has 0 saturated carbocycles. The van der Waals surface area contributed by atoms with Gasteiger partial charge in [0.05, 0.1) is 18.1 Å². The van der Waals surface area contributed by atoms with Crippen molar-refractivity contribution in [3.05, 3.63) is 59.2 Å². The number of amides is 2. The fourth-order valence-corrected chi connectivity index (χ4v) is 3.73. The molecule has 0 aliphatic carbocycles. The topological polar surface area (TPSA) is 102 Å². The Hall–Kier alpha value is -3.68. The van der Waals surface area contributed by atoms with E-state index in [1.165, 1.54) is 4.90 Å². The Balaban J connectivity index is 1.52. The molecule has 0 spiro atoms. The maximum Gasteiger partial charge on any atom is 0.338 e. The van der Waals surface area contributed by atoms with E-state index in [0.717, 1.165) is 24.0 Å². The summed E-state index contributed by atoms with van der Waals surface area (Å²) in [6.07, 6.45) is 1.74. The van der Waals surface area contributed by atoms with Gasteiger partial charge in [-0.3, -0.25) is 14.4 Å². The average molecular weight is 467 g/mol. The fourth-order valence-electron chi connectivity index (χ4n) is 3.73. The molecule has 1 aliphatic heterocycles. The quantitative estimate of drug-likeness (QED) is 0.446. The summed E-state index contributed by atoms with van der Waals surface area (Å²) in [6.45, 7) is 5.88. The molecule has 34 heavy (non-hydrogen) atoms. The van der Waals surface area contributed by atoms with Crippen LogP contribution in [0.4, 0.5) is 11.4 Å². The van der Waals surface area contributed by atoms with Gasteiger partial charge in [0.2, 0.25) is 5.91 Å². The lowest BCUT2D eigenvalue weighted by atomic mass is 10.1. The Bertz CT molecular complexity index is 1040. The van der Waals surface area contributed by atoms with Crippen molar-refractivity contribution in [3.63, 3.8) is 0 Å². The molecular weight excluding hydrogens is 436 g/mol. The summed E-state index contributed by atoms with van der Waals surface area (Å²) in [5.74, 6) is -2.33. The second kappa shape index (κ2) is 11.4. The second-order valence-electron chi connectivity index (χ2n) is 8.36. The molecule has 1 aliphatic rings. The van der Waals surface area contributed by atoms with Gasteiger partial charge in [0, 0.05) is 24.3 Å². The molecule has 2 aromatic carbocycles. The lowest BCUT2D eigenvalue weighted by molar-refractivity contribution is -0.151. The normalized spacial score (nSPS) is 15.2. The number of nitrogens with zero attached hydrogens (tertiary/aromatic N) is 1. The molecule has 8 nitrogen and oxygen atoms in total. The molecular formula is C26H30N2O6. The molecule has 3 rings (SSSR count). The van der Waals surface area contributed by atoms with E-state index in [0.29, 0.717) is 23.5 Å². The number of esters is 2. The van der Waals surface area contributed by atoms with Crippen LogP contribution in [-0.4, -0.2) is 43.5 Å². The van der Waals surface area contributed by atoms with Crippen molar-refractivity contribution in [2.75, 3.05) is 30.0 Å². The van der Waals surface area contributed by atoms with Crippen molar-refractivity contribution in [1.82, 2.24) is 0 Å². The molecule has 8 heteroatoms. The summed E-state index contributed by atoms with van der Waals surface area (Å²) in [6, 6.07) is 12.2. The van der Waals surface area contributed by atoms with Crippen LogP contribution in [0.2, 0.25) is 0 Å². The smallest absolute Gasteiger partial charge is 0.338 e. The third kappa shape index (κ3) is 6.21. The van der Waals surface area contributed by atoms with Crippen molar-refractivity contribution in [1.29, 1.82) is 0 Å². The molecule has 2 amide bonds. The fraction of sp³-hybridized carbons (Fsp3) is 0.385. The molecule has 0 radical (unpaired) electrons. The van der Waals surface area contributed by atoms with Crippen LogP contribution in [0.15, 0.2) is 42.5 Å². The first-order chi connectivity index (χ1) is 16.3. The van der Waals surface area contributed by atoms with Gasteiger partial charge in [-0.05, 0) is 55.7 Å². The highest BCUT2D eigenvalue weighted by molar-refractivity contribution is 6.00. The number of unbranched alkanes of at least 4 members (excludes halogenated alkanes) is 1. The lowest BCUT2D eigenvalue weighted by Crippen LogP contribution is -2.28. The number of carbonyl (C=O) groups excluding carboxylic acids is 4. The highest BCUT2D eigenvalue weighted by atomic mass is 16.5. The third-order valence-corrected chi connectivity index (χ3v) is 5.70. The SMILES string of the molecule is CCCCOC(=O)c1ccc(N2C[C@H](C(=O)OCC(=O)Nc3c(C)cccc3C)CC2=O)cc1. The lowest BCUT2D eigenvalue weighted by Gasteiger charge is -2.17. The second-order valence-corrected chi connectivity index (χ2v) is 8.36. The van der Waals surface area contributed by atoms with Crippen LogP contribution in [0.5, 0.6) is 0 Å². The van der Waals surface area contributed by atoms with E-state index < -0.39 is 30.4 Å². The van der Waals surface area contributed by atoms with Gasteiger partial charge in [-0.25, -0.2) is 4.79 Å². The Labute approximate surface area is 199 Å². The summed E-state index contributed by atoms with van der Waals surface area (Å²) in [4.78, 5) is 50.7. The van der Waals surface area contributed by atoms with Crippen LogP contribution in [-0.2, 0) is 23.9 Å². The zero-order valence-corrected chi connectivity index (χ0v) is 19.8. The van der Waals surface area contributed by atoms with Crippen molar-refractivity contribution in [3.8, 4) is 0 Å². The van der Waals surface area contributed by atoms with Crippen LogP contribution < -0.4 is 10.2 Å². The molecule has 1 saturated heterocycles. The van der Waals surface area contributed by atoms with Gasteiger partial charge in [-0.2, -0.15) is 0 Å². The van der Waals surface area contributed by atoms with Crippen LogP contribution in [0.3, 0.4) is 0 Å². The predicted molar refractivity (Wildman–Crippen MR) is 128 cm³/mol. The van der Waals surface area contributed by atoms with E-state index in [1.807, 2.05) is 39.0 Å². The van der Waals surface area contributed by atoms with E-state index in [9.17, 15) is 19.2 Å². The van der Waals surface area contributed by atoms with Crippen molar-refractivity contribution in [2.24, 2.45) is 5.92 Å². The number of anilines is 2. The van der Waals surface area contributed by atoms with Gasteiger partial charge >= 0.3 is 11.9 Å². The predicted octanol–water partition coefficient (Wildman–Crippen LogP) is 3.80. The number of aryl methyl sites for hydroxylation is 2. The van der Waals surface area contributed by atoms with Crippen LogP contribution in [0.25, 0.3) is 0 Å². The third-order valence-electron chi connectivity index (χ3n) is 5.70. The van der Waals surface area contributed by atoms with E-state index in [1.54, 1.807) is 24.3 Å².